The lowest BCUT2D eigenvalue weighted by Gasteiger charge is -2.28. The Morgan fingerprint density at radius 2 is 0.982 bits per heavy atom. The zero-order chi connectivity index (χ0) is 37.1. The average Bonchev–Trinajstić information content (AvgIpc) is 3.91. The Balaban J connectivity index is 0.999. The molecule has 0 saturated carbocycles. The van der Waals surface area contributed by atoms with Crippen molar-refractivity contribution in [2.24, 2.45) is 0 Å². The third-order valence-corrected chi connectivity index (χ3v) is 13.6. The molecule has 0 fully saturated rings. The van der Waals surface area contributed by atoms with Crippen molar-refractivity contribution in [1.82, 2.24) is 4.57 Å². The van der Waals surface area contributed by atoms with Crippen LogP contribution in [-0.4, -0.2) is 4.57 Å². The van der Waals surface area contributed by atoms with Crippen LogP contribution in [0, 0.1) is 0 Å². The summed E-state index contributed by atoms with van der Waals surface area (Å²) < 4.78 is 3.80. The van der Waals surface area contributed by atoms with Crippen molar-refractivity contribution in [2.45, 2.75) is 38.5 Å². The van der Waals surface area contributed by atoms with Gasteiger partial charge < -0.3 is 9.47 Å². The highest BCUT2D eigenvalue weighted by atomic mass is 32.1. The molecule has 11 rings (SSSR count). The lowest BCUT2D eigenvalue weighted by Crippen LogP contribution is -2.16. The van der Waals surface area contributed by atoms with E-state index in [2.05, 4.69) is 207 Å². The second kappa shape index (κ2) is 11.7. The molecule has 0 amide bonds. The smallest absolute Gasteiger partial charge is 0.0655 e. The predicted octanol–water partition coefficient (Wildman–Crippen LogP) is 14.6. The Labute approximate surface area is 326 Å². The molecule has 3 heteroatoms. The van der Waals surface area contributed by atoms with E-state index < -0.39 is 0 Å². The van der Waals surface area contributed by atoms with Gasteiger partial charge in [-0.2, -0.15) is 0 Å². The van der Waals surface area contributed by atoms with Crippen molar-refractivity contribution < 1.29 is 0 Å². The summed E-state index contributed by atoms with van der Waals surface area (Å²) in [5.41, 5.74) is 19.2. The van der Waals surface area contributed by atoms with Gasteiger partial charge >= 0.3 is 0 Å². The van der Waals surface area contributed by atoms with E-state index in [1.165, 1.54) is 87.4 Å². The van der Waals surface area contributed by atoms with Gasteiger partial charge in [0, 0.05) is 43.8 Å². The molecular weight excluding hydrogens is 685 g/mol. The van der Waals surface area contributed by atoms with E-state index in [0.29, 0.717) is 0 Å². The van der Waals surface area contributed by atoms with Gasteiger partial charge in [-0.1, -0.05) is 137 Å². The van der Waals surface area contributed by atoms with E-state index in [-0.39, 0.29) is 10.8 Å². The van der Waals surface area contributed by atoms with E-state index >= 15 is 0 Å². The Morgan fingerprint density at radius 1 is 0.436 bits per heavy atom. The summed E-state index contributed by atoms with van der Waals surface area (Å²) in [6, 6.07) is 63.0. The molecule has 0 saturated heterocycles. The molecule has 2 nitrogen and oxygen atoms in total. The van der Waals surface area contributed by atoms with Crippen LogP contribution in [0.25, 0.3) is 59.5 Å². The average molecular weight is 725 g/mol. The molecule has 2 heterocycles. The SMILES string of the molecule is CC1(C)c2ccccc2-c2ccc(N(c3ccccc3)c3ccc(-c4cc5c(s4)c4ccccc4n5-c4ccc5c(c4)C(C)(C)c4ccccc4-5)cc3)cc21. The number of aromatic nitrogens is 1. The summed E-state index contributed by atoms with van der Waals surface area (Å²) in [7, 11) is 0. The maximum atomic E-state index is 2.48. The Kier molecular flexibility index (Phi) is 6.85. The molecule has 0 spiro atoms. The first-order valence-electron chi connectivity index (χ1n) is 19.3. The normalized spacial score (nSPS) is 14.5. The Hall–Kier alpha value is -6.16. The van der Waals surface area contributed by atoms with Gasteiger partial charge in [0.1, 0.15) is 0 Å². The molecule has 9 aromatic rings. The first kappa shape index (κ1) is 32.3. The fourth-order valence-electron chi connectivity index (χ4n) is 9.61. The summed E-state index contributed by atoms with van der Waals surface area (Å²) in [6.45, 7) is 9.43. The molecule has 0 aliphatic heterocycles. The van der Waals surface area contributed by atoms with Crippen LogP contribution in [0.5, 0.6) is 0 Å². The molecule has 7 aromatic carbocycles. The molecule has 2 aliphatic carbocycles. The van der Waals surface area contributed by atoms with Gasteiger partial charge in [-0.3, -0.25) is 0 Å². The van der Waals surface area contributed by atoms with Crippen LogP contribution >= 0.6 is 11.3 Å². The third-order valence-electron chi connectivity index (χ3n) is 12.4. The zero-order valence-electron chi connectivity index (χ0n) is 31.5. The van der Waals surface area contributed by atoms with Crippen molar-refractivity contribution in [3.8, 4) is 38.4 Å². The number of benzene rings is 7. The maximum absolute atomic E-state index is 2.48. The number of hydrogen-bond donors (Lipinski definition) is 0. The van der Waals surface area contributed by atoms with Gasteiger partial charge in [-0.05, 0) is 111 Å². The first-order valence-corrected chi connectivity index (χ1v) is 20.1. The largest absolute Gasteiger partial charge is 0.310 e. The molecular formula is C52H40N2S. The summed E-state index contributed by atoms with van der Waals surface area (Å²) in [5, 5.41) is 1.30. The first-order chi connectivity index (χ1) is 26.8. The van der Waals surface area contributed by atoms with Gasteiger partial charge in [-0.25, -0.2) is 0 Å². The van der Waals surface area contributed by atoms with Crippen LogP contribution in [0.4, 0.5) is 17.1 Å². The Morgan fingerprint density at radius 3 is 1.69 bits per heavy atom. The highest BCUT2D eigenvalue weighted by Crippen LogP contribution is 2.52. The molecule has 2 aliphatic rings. The van der Waals surface area contributed by atoms with Crippen LogP contribution in [0.1, 0.15) is 49.9 Å². The van der Waals surface area contributed by atoms with E-state index in [1.54, 1.807) is 0 Å². The van der Waals surface area contributed by atoms with Crippen molar-refractivity contribution in [3.05, 3.63) is 192 Å². The standard InChI is InChI=1S/C52H40N2S/c1-51(2)43-19-11-8-16-38(43)40-28-26-36(30-45(40)51)53(34-14-6-5-7-15-34)35-24-22-33(23-25-35)49-32-48-50(55-49)42-18-10-13-21-47(42)54(48)37-27-29-41-39-17-9-12-20-44(39)52(3,4)46(41)31-37/h5-32H,1-4H3. The van der Waals surface area contributed by atoms with Crippen LogP contribution in [-0.2, 0) is 10.8 Å². The number of nitrogens with zero attached hydrogens (tertiary/aromatic N) is 2. The minimum Gasteiger partial charge on any atom is -0.310 e. The van der Waals surface area contributed by atoms with Crippen LogP contribution in [0.15, 0.2) is 170 Å². The van der Waals surface area contributed by atoms with Gasteiger partial charge in [-0.15, -0.1) is 11.3 Å². The molecule has 264 valence electrons. The third kappa shape index (κ3) is 4.66. The highest BCUT2D eigenvalue weighted by Gasteiger charge is 2.37. The number of hydrogen-bond acceptors (Lipinski definition) is 2. The molecule has 0 radical (unpaired) electrons. The highest BCUT2D eigenvalue weighted by molar-refractivity contribution is 7.23. The Bertz CT molecular complexity index is 2980. The fraction of sp³-hybridized carbons (Fsp3) is 0.115. The lowest BCUT2D eigenvalue weighted by molar-refractivity contribution is 0.660. The minimum atomic E-state index is -0.0682. The number of fused-ring (bicyclic) bond motifs is 9. The van der Waals surface area contributed by atoms with Gasteiger partial charge in [0.05, 0.1) is 15.7 Å². The van der Waals surface area contributed by atoms with E-state index in [4.69, 9.17) is 0 Å². The quantitative estimate of drug-likeness (QED) is 0.172. The summed E-state index contributed by atoms with van der Waals surface area (Å²) in [4.78, 5) is 3.66. The minimum absolute atomic E-state index is 0.0554. The molecule has 0 atom stereocenters. The monoisotopic (exact) mass is 724 g/mol. The number of para-hydroxylation sites is 2. The molecule has 0 unspecified atom stereocenters. The maximum Gasteiger partial charge on any atom is 0.0655 e. The second-order valence-corrected chi connectivity index (χ2v) is 17.2. The number of rotatable bonds is 5. The lowest BCUT2D eigenvalue weighted by atomic mass is 9.82. The topological polar surface area (TPSA) is 8.17 Å². The van der Waals surface area contributed by atoms with Crippen LogP contribution < -0.4 is 4.90 Å². The number of anilines is 3. The summed E-state index contributed by atoms with van der Waals surface area (Å²) in [5.74, 6) is 0. The van der Waals surface area contributed by atoms with Crippen molar-refractivity contribution in [2.75, 3.05) is 4.90 Å². The summed E-state index contributed by atoms with van der Waals surface area (Å²) >= 11 is 1.89. The summed E-state index contributed by atoms with van der Waals surface area (Å²) in [6.07, 6.45) is 0. The van der Waals surface area contributed by atoms with Gasteiger partial charge in [0.2, 0.25) is 0 Å². The molecule has 55 heavy (non-hydrogen) atoms. The zero-order valence-corrected chi connectivity index (χ0v) is 32.3. The predicted molar refractivity (Wildman–Crippen MR) is 234 cm³/mol. The van der Waals surface area contributed by atoms with Crippen molar-refractivity contribution >= 4 is 49.5 Å². The number of thiophene rings is 1. The molecule has 0 N–H and O–H groups in total. The van der Waals surface area contributed by atoms with Crippen molar-refractivity contribution in [1.29, 1.82) is 0 Å². The van der Waals surface area contributed by atoms with Crippen molar-refractivity contribution in [3.63, 3.8) is 0 Å². The van der Waals surface area contributed by atoms with Gasteiger partial charge in [0.15, 0.2) is 0 Å². The molecule has 0 bridgehead atoms. The van der Waals surface area contributed by atoms with E-state index in [0.717, 1.165) is 11.4 Å². The van der Waals surface area contributed by atoms with Crippen LogP contribution in [0.2, 0.25) is 0 Å². The second-order valence-electron chi connectivity index (χ2n) is 16.2. The fourth-order valence-corrected chi connectivity index (χ4v) is 10.8. The molecule has 2 aromatic heterocycles. The van der Waals surface area contributed by atoms with Crippen LogP contribution in [0.3, 0.4) is 0 Å². The van der Waals surface area contributed by atoms with Gasteiger partial charge in [0.25, 0.3) is 0 Å². The van der Waals surface area contributed by atoms with E-state index in [1.807, 2.05) is 11.3 Å². The van der Waals surface area contributed by atoms with E-state index in [9.17, 15) is 0 Å².